The lowest BCUT2D eigenvalue weighted by Gasteiger charge is -2.34. The Kier molecular flexibility index (Phi) is 3.78. The Morgan fingerprint density at radius 3 is 2.88 bits per heavy atom. The van der Waals surface area contributed by atoms with Crippen LogP contribution < -0.4 is 5.32 Å². The Labute approximate surface area is 95.1 Å². The van der Waals surface area contributed by atoms with Crippen molar-refractivity contribution in [1.29, 1.82) is 0 Å². The van der Waals surface area contributed by atoms with E-state index in [9.17, 15) is 9.90 Å². The van der Waals surface area contributed by atoms with E-state index in [1.165, 1.54) is 0 Å². The first-order chi connectivity index (χ1) is 7.73. The summed E-state index contributed by atoms with van der Waals surface area (Å²) in [4.78, 5) is 11.3. The molecule has 2 saturated heterocycles. The summed E-state index contributed by atoms with van der Waals surface area (Å²) in [5, 5.41) is 12.4. The Morgan fingerprint density at radius 1 is 1.44 bits per heavy atom. The van der Waals surface area contributed by atoms with Gasteiger partial charge in [0.05, 0.1) is 12.7 Å². The van der Waals surface area contributed by atoms with Crippen LogP contribution in [0.4, 0.5) is 0 Å². The molecular weight excluding hydrogens is 210 g/mol. The highest BCUT2D eigenvalue weighted by Gasteiger charge is 2.40. The zero-order valence-corrected chi connectivity index (χ0v) is 9.41. The van der Waals surface area contributed by atoms with Crippen molar-refractivity contribution in [3.05, 3.63) is 0 Å². The number of carbonyl (C=O) groups is 1. The molecule has 2 heterocycles. The van der Waals surface area contributed by atoms with Gasteiger partial charge in [-0.3, -0.25) is 10.1 Å². The van der Waals surface area contributed by atoms with Crippen LogP contribution in [0.5, 0.6) is 0 Å². The lowest BCUT2D eigenvalue weighted by Crippen LogP contribution is -2.59. The minimum atomic E-state index is -0.899. The molecule has 0 saturated carbocycles. The first-order valence-corrected chi connectivity index (χ1v) is 5.91. The quantitative estimate of drug-likeness (QED) is 0.730. The van der Waals surface area contributed by atoms with Crippen LogP contribution in [0.3, 0.4) is 0 Å². The summed E-state index contributed by atoms with van der Waals surface area (Å²) >= 11 is 0. The fourth-order valence-electron chi connectivity index (χ4n) is 2.29. The molecule has 0 bridgehead atoms. The number of nitrogens with one attached hydrogen (secondary N) is 1. The molecule has 0 spiro atoms. The lowest BCUT2D eigenvalue weighted by molar-refractivity contribution is -0.151. The monoisotopic (exact) mass is 229 g/mol. The molecule has 5 heteroatoms. The van der Waals surface area contributed by atoms with Crippen LogP contribution in [0, 0.1) is 0 Å². The smallest absolute Gasteiger partial charge is 0.326 e. The average Bonchev–Trinajstić information content (AvgIpc) is 2.80. The largest absolute Gasteiger partial charge is 0.480 e. The maximum Gasteiger partial charge on any atom is 0.326 e. The Balaban J connectivity index is 1.88. The first kappa shape index (κ1) is 11.8. The second-order valence-corrected chi connectivity index (χ2v) is 4.56. The molecule has 16 heavy (non-hydrogen) atoms. The van der Waals surface area contributed by atoms with Gasteiger partial charge in [0.2, 0.25) is 0 Å². The van der Waals surface area contributed by atoms with Gasteiger partial charge in [-0.2, -0.15) is 0 Å². The zero-order valence-electron chi connectivity index (χ0n) is 9.41. The van der Waals surface area contributed by atoms with Crippen LogP contribution in [0.1, 0.15) is 25.7 Å². The summed E-state index contributed by atoms with van der Waals surface area (Å²) in [5.41, 5.74) is -0.899. The lowest BCUT2D eigenvalue weighted by atomic mass is 9.92. The summed E-state index contributed by atoms with van der Waals surface area (Å²) in [5.74, 6) is -0.815. The molecule has 92 valence electrons. The topological polar surface area (TPSA) is 67.8 Å². The molecule has 0 aromatic carbocycles. The second-order valence-electron chi connectivity index (χ2n) is 4.56. The highest BCUT2D eigenvalue weighted by atomic mass is 16.5. The number of carboxylic acid groups (broad SMARTS) is 1. The summed E-state index contributed by atoms with van der Waals surface area (Å²) in [6.45, 7) is 2.32. The van der Waals surface area contributed by atoms with Crippen LogP contribution >= 0.6 is 0 Å². The normalized spacial score (nSPS) is 35.1. The Hall–Kier alpha value is -0.650. The molecule has 2 fully saturated rings. The van der Waals surface area contributed by atoms with Crippen molar-refractivity contribution in [1.82, 2.24) is 5.32 Å². The highest BCUT2D eigenvalue weighted by Crippen LogP contribution is 2.20. The van der Waals surface area contributed by atoms with Crippen molar-refractivity contribution in [3.8, 4) is 0 Å². The molecule has 0 aromatic rings. The van der Waals surface area contributed by atoms with Gasteiger partial charge in [-0.1, -0.05) is 0 Å². The van der Waals surface area contributed by atoms with Gasteiger partial charge in [0.25, 0.3) is 0 Å². The molecule has 0 amide bonds. The van der Waals surface area contributed by atoms with Gasteiger partial charge in [-0.15, -0.1) is 0 Å². The van der Waals surface area contributed by atoms with Gasteiger partial charge >= 0.3 is 5.97 Å². The Bertz CT molecular complexity index is 244. The van der Waals surface area contributed by atoms with Crippen molar-refractivity contribution in [3.63, 3.8) is 0 Å². The molecule has 2 aliphatic heterocycles. The maximum atomic E-state index is 11.3. The number of carboxylic acids is 1. The third-order valence-corrected chi connectivity index (χ3v) is 3.34. The summed E-state index contributed by atoms with van der Waals surface area (Å²) in [7, 11) is 0. The molecule has 0 aromatic heterocycles. The van der Waals surface area contributed by atoms with Gasteiger partial charge in [0, 0.05) is 19.8 Å². The van der Waals surface area contributed by atoms with E-state index in [0.717, 1.165) is 25.9 Å². The van der Waals surface area contributed by atoms with Crippen molar-refractivity contribution in [2.24, 2.45) is 0 Å². The minimum absolute atomic E-state index is 0.165. The van der Waals surface area contributed by atoms with Crippen LogP contribution in [0.15, 0.2) is 0 Å². The molecule has 5 nitrogen and oxygen atoms in total. The van der Waals surface area contributed by atoms with Gasteiger partial charge < -0.3 is 14.6 Å². The van der Waals surface area contributed by atoms with Crippen molar-refractivity contribution in [2.45, 2.75) is 37.3 Å². The molecule has 2 N–H and O–H groups in total. The zero-order chi connectivity index (χ0) is 11.4. The fourth-order valence-corrected chi connectivity index (χ4v) is 2.29. The minimum Gasteiger partial charge on any atom is -0.480 e. The molecule has 0 aliphatic carbocycles. The van der Waals surface area contributed by atoms with E-state index in [1.807, 2.05) is 0 Å². The second kappa shape index (κ2) is 5.12. The number of hydrogen-bond acceptors (Lipinski definition) is 4. The van der Waals surface area contributed by atoms with E-state index >= 15 is 0 Å². The van der Waals surface area contributed by atoms with E-state index in [2.05, 4.69) is 5.32 Å². The third kappa shape index (κ3) is 2.53. The summed E-state index contributed by atoms with van der Waals surface area (Å²) < 4.78 is 10.8. The van der Waals surface area contributed by atoms with Crippen molar-refractivity contribution in [2.75, 3.05) is 26.4 Å². The summed E-state index contributed by atoms with van der Waals surface area (Å²) in [6.07, 6.45) is 3.69. The number of aliphatic carboxylic acids is 1. The van der Waals surface area contributed by atoms with Crippen molar-refractivity contribution < 1.29 is 19.4 Å². The number of ether oxygens (including phenoxy) is 2. The third-order valence-electron chi connectivity index (χ3n) is 3.34. The first-order valence-electron chi connectivity index (χ1n) is 5.91. The standard InChI is InChI=1S/C11H19NO4/c13-10(14)11(4-2-5-15-8-11)12-7-9-3-1-6-16-9/h9,12H,1-8H2,(H,13,14). The van der Waals surface area contributed by atoms with Gasteiger partial charge in [-0.25, -0.2) is 0 Å². The molecule has 0 radical (unpaired) electrons. The average molecular weight is 229 g/mol. The number of rotatable bonds is 4. The van der Waals surface area contributed by atoms with E-state index < -0.39 is 11.5 Å². The summed E-state index contributed by atoms with van der Waals surface area (Å²) in [6, 6.07) is 0. The Morgan fingerprint density at radius 2 is 2.31 bits per heavy atom. The van der Waals surface area contributed by atoms with Crippen LogP contribution in [-0.4, -0.2) is 49.1 Å². The van der Waals surface area contributed by atoms with E-state index in [0.29, 0.717) is 19.6 Å². The molecule has 2 unspecified atom stereocenters. The molecular formula is C11H19NO4. The number of hydrogen-bond donors (Lipinski definition) is 2. The maximum absolute atomic E-state index is 11.3. The van der Waals surface area contributed by atoms with E-state index in [1.54, 1.807) is 0 Å². The SMILES string of the molecule is O=C(O)C1(NCC2CCCO2)CCCOC1. The van der Waals surface area contributed by atoms with Gasteiger partial charge in [0.15, 0.2) is 0 Å². The van der Waals surface area contributed by atoms with Crippen LogP contribution in [0.25, 0.3) is 0 Å². The van der Waals surface area contributed by atoms with Crippen LogP contribution in [-0.2, 0) is 14.3 Å². The predicted octanol–water partition coefficient (Wildman–Crippen LogP) is 0.389. The molecule has 2 rings (SSSR count). The van der Waals surface area contributed by atoms with Crippen LogP contribution in [0.2, 0.25) is 0 Å². The predicted molar refractivity (Wildman–Crippen MR) is 57.4 cm³/mol. The van der Waals surface area contributed by atoms with Gasteiger partial charge in [0.1, 0.15) is 5.54 Å². The van der Waals surface area contributed by atoms with E-state index in [-0.39, 0.29) is 12.7 Å². The fraction of sp³-hybridized carbons (Fsp3) is 0.909. The molecule has 2 aliphatic rings. The molecule has 2 atom stereocenters. The highest BCUT2D eigenvalue weighted by molar-refractivity contribution is 5.79. The van der Waals surface area contributed by atoms with Gasteiger partial charge in [-0.05, 0) is 25.7 Å². The van der Waals surface area contributed by atoms with Crippen molar-refractivity contribution >= 4 is 5.97 Å². The van der Waals surface area contributed by atoms with E-state index in [4.69, 9.17) is 9.47 Å².